The van der Waals surface area contributed by atoms with Gasteiger partial charge in [0, 0.05) is 36.1 Å². The monoisotopic (exact) mass is 292 g/mol. The van der Waals surface area contributed by atoms with Gasteiger partial charge in [-0.15, -0.1) is 12.4 Å². The molecule has 2 N–H and O–H groups in total. The second-order valence-electron chi connectivity index (χ2n) is 5.71. The highest BCUT2D eigenvalue weighted by molar-refractivity contribution is 8.00. The zero-order chi connectivity index (χ0) is 12.4. The lowest BCUT2D eigenvalue weighted by Crippen LogP contribution is -2.45. The van der Waals surface area contributed by atoms with Crippen LogP contribution in [0.5, 0.6) is 0 Å². The number of rotatable bonds is 2. The van der Waals surface area contributed by atoms with Crippen LogP contribution in [0.1, 0.15) is 33.1 Å². The van der Waals surface area contributed by atoms with Crippen LogP contribution in [0.4, 0.5) is 0 Å². The maximum atomic E-state index is 12.4. The Balaban J connectivity index is 0.00000162. The third kappa shape index (κ3) is 3.78. The first-order valence-electron chi connectivity index (χ1n) is 6.74. The summed E-state index contributed by atoms with van der Waals surface area (Å²) < 4.78 is 0. The predicted octanol–water partition coefficient (Wildman–Crippen LogP) is 2.14. The normalized spacial score (nSPS) is 32.4. The molecule has 1 amide bonds. The van der Waals surface area contributed by atoms with E-state index >= 15 is 0 Å². The Kier molecular flexibility index (Phi) is 6.28. The minimum absolute atomic E-state index is 0. The van der Waals surface area contributed by atoms with E-state index in [0.717, 1.165) is 38.1 Å². The van der Waals surface area contributed by atoms with Crippen molar-refractivity contribution >= 4 is 30.1 Å². The SMILES string of the molecule is CC(C)C1CN(C(=O)C2CCC(N)C2)CCS1.Cl. The molecule has 2 fully saturated rings. The van der Waals surface area contributed by atoms with Crippen molar-refractivity contribution in [1.29, 1.82) is 0 Å². The van der Waals surface area contributed by atoms with Gasteiger partial charge < -0.3 is 10.6 Å². The van der Waals surface area contributed by atoms with E-state index < -0.39 is 0 Å². The lowest BCUT2D eigenvalue weighted by atomic mass is 10.0. The average Bonchev–Trinajstić information content (AvgIpc) is 2.75. The average molecular weight is 293 g/mol. The summed E-state index contributed by atoms with van der Waals surface area (Å²) >= 11 is 2.02. The van der Waals surface area contributed by atoms with E-state index in [2.05, 4.69) is 18.7 Å². The van der Waals surface area contributed by atoms with Crippen LogP contribution in [0.3, 0.4) is 0 Å². The van der Waals surface area contributed by atoms with Gasteiger partial charge >= 0.3 is 0 Å². The summed E-state index contributed by atoms with van der Waals surface area (Å²) in [5.41, 5.74) is 5.89. The zero-order valence-corrected chi connectivity index (χ0v) is 12.9. The fourth-order valence-corrected chi connectivity index (χ4v) is 4.08. The quantitative estimate of drug-likeness (QED) is 0.848. The summed E-state index contributed by atoms with van der Waals surface area (Å²) in [6, 6.07) is 0.254. The van der Waals surface area contributed by atoms with Crippen molar-refractivity contribution in [2.45, 2.75) is 44.4 Å². The van der Waals surface area contributed by atoms with Crippen LogP contribution in [0, 0.1) is 11.8 Å². The molecule has 1 aliphatic carbocycles. The molecule has 1 aliphatic heterocycles. The van der Waals surface area contributed by atoms with Crippen LogP contribution in [0.25, 0.3) is 0 Å². The Labute approximate surface area is 121 Å². The van der Waals surface area contributed by atoms with E-state index in [0.29, 0.717) is 17.1 Å². The summed E-state index contributed by atoms with van der Waals surface area (Å²) in [6.07, 6.45) is 2.91. The first kappa shape index (κ1) is 16.1. The van der Waals surface area contributed by atoms with E-state index in [9.17, 15) is 4.79 Å². The van der Waals surface area contributed by atoms with Crippen molar-refractivity contribution in [3.05, 3.63) is 0 Å². The number of carbonyl (C=O) groups is 1. The van der Waals surface area contributed by atoms with Gasteiger partial charge in [-0.25, -0.2) is 0 Å². The molecule has 3 nitrogen and oxygen atoms in total. The smallest absolute Gasteiger partial charge is 0.225 e. The van der Waals surface area contributed by atoms with E-state index in [1.807, 2.05) is 11.8 Å². The van der Waals surface area contributed by atoms with E-state index in [1.165, 1.54) is 0 Å². The fraction of sp³-hybridized carbons (Fsp3) is 0.923. The second kappa shape index (κ2) is 7.01. The van der Waals surface area contributed by atoms with Crippen LogP contribution in [0.2, 0.25) is 0 Å². The highest BCUT2D eigenvalue weighted by Gasteiger charge is 2.33. The molecule has 3 atom stereocenters. The van der Waals surface area contributed by atoms with Crippen molar-refractivity contribution in [2.24, 2.45) is 17.6 Å². The third-order valence-electron chi connectivity index (χ3n) is 3.97. The minimum atomic E-state index is 0. The molecule has 106 valence electrons. The Morgan fingerprint density at radius 1 is 1.39 bits per heavy atom. The number of amides is 1. The summed E-state index contributed by atoms with van der Waals surface area (Å²) in [7, 11) is 0. The summed E-state index contributed by atoms with van der Waals surface area (Å²) in [4.78, 5) is 14.5. The molecule has 0 aromatic rings. The molecule has 0 radical (unpaired) electrons. The second-order valence-corrected chi connectivity index (χ2v) is 7.05. The number of hydrogen-bond acceptors (Lipinski definition) is 3. The molecule has 1 saturated carbocycles. The van der Waals surface area contributed by atoms with Gasteiger partial charge in [0.05, 0.1) is 0 Å². The van der Waals surface area contributed by atoms with Crippen molar-refractivity contribution in [1.82, 2.24) is 4.90 Å². The Hall–Kier alpha value is 0.0700. The van der Waals surface area contributed by atoms with Gasteiger partial charge in [-0.2, -0.15) is 11.8 Å². The van der Waals surface area contributed by atoms with Crippen LogP contribution in [-0.2, 0) is 4.79 Å². The standard InChI is InChI=1S/C13H24N2OS.ClH/c1-9(2)12-8-15(5-6-17-12)13(16)10-3-4-11(14)7-10;/h9-12H,3-8,14H2,1-2H3;1H. The molecular formula is C13H25ClN2OS. The topological polar surface area (TPSA) is 46.3 Å². The van der Waals surface area contributed by atoms with Crippen molar-refractivity contribution in [3.8, 4) is 0 Å². The fourth-order valence-electron chi connectivity index (χ4n) is 2.78. The molecule has 0 aromatic carbocycles. The van der Waals surface area contributed by atoms with Gasteiger partial charge in [-0.3, -0.25) is 4.79 Å². The van der Waals surface area contributed by atoms with Crippen LogP contribution >= 0.6 is 24.2 Å². The Morgan fingerprint density at radius 3 is 2.67 bits per heavy atom. The van der Waals surface area contributed by atoms with Crippen molar-refractivity contribution < 1.29 is 4.79 Å². The summed E-state index contributed by atoms with van der Waals surface area (Å²) in [5, 5.41) is 0.614. The molecule has 3 unspecified atom stereocenters. The summed E-state index contributed by atoms with van der Waals surface area (Å²) in [5.74, 6) is 2.32. The number of carbonyl (C=O) groups excluding carboxylic acids is 1. The van der Waals surface area contributed by atoms with Crippen LogP contribution in [0.15, 0.2) is 0 Å². The lowest BCUT2D eigenvalue weighted by Gasteiger charge is -2.35. The molecule has 2 rings (SSSR count). The lowest BCUT2D eigenvalue weighted by molar-refractivity contribution is -0.135. The van der Waals surface area contributed by atoms with Crippen LogP contribution < -0.4 is 5.73 Å². The molecule has 5 heteroatoms. The molecular weight excluding hydrogens is 268 g/mol. The molecule has 0 spiro atoms. The van der Waals surface area contributed by atoms with E-state index in [4.69, 9.17) is 5.73 Å². The zero-order valence-electron chi connectivity index (χ0n) is 11.3. The van der Waals surface area contributed by atoms with Crippen molar-refractivity contribution in [2.75, 3.05) is 18.8 Å². The van der Waals surface area contributed by atoms with Crippen molar-refractivity contribution in [3.63, 3.8) is 0 Å². The maximum Gasteiger partial charge on any atom is 0.225 e. The van der Waals surface area contributed by atoms with Gasteiger partial charge in [0.15, 0.2) is 0 Å². The Bertz CT molecular complexity index is 288. The van der Waals surface area contributed by atoms with Gasteiger partial charge in [-0.1, -0.05) is 13.8 Å². The predicted molar refractivity (Wildman–Crippen MR) is 80.2 cm³/mol. The molecule has 2 aliphatic rings. The molecule has 1 heterocycles. The van der Waals surface area contributed by atoms with E-state index in [-0.39, 0.29) is 24.4 Å². The number of nitrogens with two attached hydrogens (primary N) is 1. The maximum absolute atomic E-state index is 12.4. The van der Waals surface area contributed by atoms with Crippen LogP contribution in [-0.4, -0.2) is 40.9 Å². The Morgan fingerprint density at radius 2 is 2.11 bits per heavy atom. The summed E-state index contributed by atoms with van der Waals surface area (Å²) in [6.45, 7) is 6.36. The largest absolute Gasteiger partial charge is 0.341 e. The number of hydrogen-bond donors (Lipinski definition) is 1. The number of thioether (sulfide) groups is 1. The molecule has 0 aromatic heterocycles. The van der Waals surface area contributed by atoms with Gasteiger partial charge in [-0.05, 0) is 25.2 Å². The number of nitrogens with zero attached hydrogens (tertiary/aromatic N) is 1. The van der Waals surface area contributed by atoms with Gasteiger partial charge in [0.2, 0.25) is 5.91 Å². The minimum Gasteiger partial charge on any atom is -0.341 e. The molecule has 1 saturated heterocycles. The first-order chi connectivity index (χ1) is 8.08. The highest BCUT2D eigenvalue weighted by atomic mass is 35.5. The highest BCUT2D eigenvalue weighted by Crippen LogP contribution is 2.30. The third-order valence-corrected chi connectivity index (χ3v) is 5.51. The van der Waals surface area contributed by atoms with Gasteiger partial charge in [0.25, 0.3) is 0 Å². The number of halogens is 1. The molecule has 0 bridgehead atoms. The van der Waals surface area contributed by atoms with Gasteiger partial charge in [0.1, 0.15) is 0 Å². The first-order valence-corrected chi connectivity index (χ1v) is 7.78. The molecule has 18 heavy (non-hydrogen) atoms. The van der Waals surface area contributed by atoms with E-state index in [1.54, 1.807) is 0 Å².